The molecule has 0 spiro atoms. The molecule has 0 aliphatic rings. The zero-order chi connectivity index (χ0) is 8.27. The fourth-order valence-electron chi connectivity index (χ4n) is 0.868. The van der Waals surface area contributed by atoms with Crippen LogP contribution in [0.25, 0.3) is 0 Å². The van der Waals surface area contributed by atoms with E-state index in [-0.39, 0.29) is 4.87 Å². The van der Waals surface area contributed by atoms with Crippen molar-refractivity contribution >= 4 is 11.5 Å². The molecule has 62 valence electrons. The van der Waals surface area contributed by atoms with Crippen molar-refractivity contribution in [2.24, 2.45) is 7.05 Å². The Balaban J connectivity index is 2.71. The summed E-state index contributed by atoms with van der Waals surface area (Å²) in [5.41, 5.74) is 0. The first-order valence-electron chi connectivity index (χ1n) is 3.77. The van der Waals surface area contributed by atoms with Crippen LogP contribution in [0.2, 0.25) is 0 Å². The second-order valence-corrected chi connectivity index (χ2v) is 3.24. The molecule has 0 fully saturated rings. The second-order valence-electron chi connectivity index (χ2n) is 2.53. The van der Waals surface area contributed by atoms with Crippen molar-refractivity contribution in [2.75, 3.05) is 0 Å². The van der Waals surface area contributed by atoms with Crippen LogP contribution in [-0.4, -0.2) is 8.94 Å². The molecule has 0 atom stereocenters. The average Bonchev–Trinajstić information content (AvgIpc) is 2.31. The summed E-state index contributed by atoms with van der Waals surface area (Å²) in [6.45, 7) is 2.13. The molecule has 0 unspecified atom stereocenters. The Morgan fingerprint density at radius 1 is 1.64 bits per heavy atom. The number of unbranched alkanes of at least 4 members (excludes halogenated alkanes) is 1. The molecular weight excluding hydrogens is 160 g/mol. The number of nitrogens with zero attached hydrogens (tertiary/aromatic N) is 2. The molecule has 11 heavy (non-hydrogen) atoms. The summed E-state index contributed by atoms with van der Waals surface area (Å²) in [6.07, 6.45) is 3.18. The molecule has 1 aromatic heterocycles. The predicted molar refractivity (Wildman–Crippen MR) is 46.0 cm³/mol. The Hall–Kier alpha value is -0.640. The van der Waals surface area contributed by atoms with Gasteiger partial charge in [0.2, 0.25) is 0 Å². The van der Waals surface area contributed by atoms with E-state index in [1.54, 1.807) is 11.6 Å². The molecule has 0 aliphatic carbocycles. The highest BCUT2D eigenvalue weighted by Gasteiger charge is 2.02. The summed E-state index contributed by atoms with van der Waals surface area (Å²) >= 11 is 1.04. The molecule has 1 heterocycles. The first kappa shape index (κ1) is 8.46. The van der Waals surface area contributed by atoms with E-state index in [1.165, 1.54) is 0 Å². The number of aromatic nitrogens is 2. The first-order valence-corrected chi connectivity index (χ1v) is 4.54. The van der Waals surface area contributed by atoms with Crippen LogP contribution in [0.1, 0.15) is 25.6 Å². The molecule has 1 rings (SSSR count). The minimum absolute atomic E-state index is 0.0381. The van der Waals surface area contributed by atoms with Crippen LogP contribution in [0.3, 0.4) is 0 Å². The molecule has 0 saturated heterocycles. The third kappa shape index (κ3) is 1.89. The smallest absolute Gasteiger partial charge is 0.289 e. The largest absolute Gasteiger partial charge is 0.325 e. The first-order chi connectivity index (χ1) is 5.25. The Labute approximate surface area is 69.8 Å². The van der Waals surface area contributed by atoms with Gasteiger partial charge >= 0.3 is 4.87 Å². The quantitative estimate of drug-likeness (QED) is 0.686. The summed E-state index contributed by atoms with van der Waals surface area (Å²) in [5.74, 6) is 0.918. The monoisotopic (exact) mass is 172 g/mol. The van der Waals surface area contributed by atoms with Crippen molar-refractivity contribution in [3.63, 3.8) is 0 Å². The zero-order valence-electron chi connectivity index (χ0n) is 6.83. The van der Waals surface area contributed by atoms with Gasteiger partial charge in [-0.25, -0.2) is 0 Å². The van der Waals surface area contributed by atoms with Crippen LogP contribution in [-0.2, 0) is 13.5 Å². The van der Waals surface area contributed by atoms with E-state index in [9.17, 15) is 4.79 Å². The van der Waals surface area contributed by atoms with Crippen LogP contribution in [0.5, 0.6) is 0 Å². The summed E-state index contributed by atoms with van der Waals surface area (Å²) < 4.78 is 5.67. The van der Waals surface area contributed by atoms with E-state index in [2.05, 4.69) is 11.3 Å². The van der Waals surface area contributed by atoms with Gasteiger partial charge in [-0.05, 0) is 6.42 Å². The van der Waals surface area contributed by atoms with Crippen LogP contribution in [0.4, 0.5) is 0 Å². The van der Waals surface area contributed by atoms with Gasteiger partial charge in [-0.1, -0.05) is 13.3 Å². The van der Waals surface area contributed by atoms with Crippen molar-refractivity contribution in [1.29, 1.82) is 0 Å². The Bertz CT molecular complexity index is 276. The predicted octanol–water partition coefficient (Wildman–Crippen LogP) is 1.18. The van der Waals surface area contributed by atoms with Gasteiger partial charge in [0, 0.05) is 25.0 Å². The molecule has 0 radical (unpaired) electrons. The van der Waals surface area contributed by atoms with Crippen molar-refractivity contribution in [3.05, 3.63) is 15.5 Å². The fraction of sp³-hybridized carbons (Fsp3) is 0.714. The maximum absolute atomic E-state index is 10.9. The minimum atomic E-state index is 0.0381. The van der Waals surface area contributed by atoms with Crippen LogP contribution >= 0.6 is 11.5 Å². The Morgan fingerprint density at radius 3 is 2.82 bits per heavy atom. The maximum Gasteiger partial charge on any atom is 0.325 e. The van der Waals surface area contributed by atoms with Gasteiger partial charge in [0.05, 0.1) is 0 Å². The van der Waals surface area contributed by atoms with E-state index >= 15 is 0 Å². The molecule has 0 saturated carbocycles. The van der Waals surface area contributed by atoms with Crippen molar-refractivity contribution in [1.82, 2.24) is 8.94 Å². The zero-order valence-corrected chi connectivity index (χ0v) is 7.65. The summed E-state index contributed by atoms with van der Waals surface area (Å²) in [5, 5.41) is 0. The topological polar surface area (TPSA) is 34.9 Å². The van der Waals surface area contributed by atoms with E-state index < -0.39 is 0 Å². The lowest BCUT2D eigenvalue weighted by atomic mass is 10.2. The van der Waals surface area contributed by atoms with Gasteiger partial charge in [0.25, 0.3) is 0 Å². The fourth-order valence-corrected chi connectivity index (χ4v) is 1.49. The highest BCUT2D eigenvalue weighted by molar-refractivity contribution is 7.02. The normalized spacial score (nSPS) is 10.4. The standard InChI is InChI=1S/C7H12N2OS/c1-3-4-5-6-8-11-7(10)9(6)2/h3-5H2,1-2H3. The molecule has 0 aromatic carbocycles. The SMILES string of the molecule is CCCCc1nsc(=O)n1C. The average molecular weight is 172 g/mol. The molecule has 0 amide bonds. The molecule has 1 aromatic rings. The van der Waals surface area contributed by atoms with Crippen LogP contribution in [0.15, 0.2) is 4.79 Å². The van der Waals surface area contributed by atoms with Crippen LogP contribution < -0.4 is 4.87 Å². The second kappa shape index (κ2) is 3.67. The maximum atomic E-state index is 10.9. The lowest BCUT2D eigenvalue weighted by molar-refractivity contribution is 0.704. The van der Waals surface area contributed by atoms with Gasteiger partial charge < -0.3 is 0 Å². The molecule has 0 bridgehead atoms. The summed E-state index contributed by atoms with van der Waals surface area (Å²) in [4.78, 5) is 11.0. The van der Waals surface area contributed by atoms with E-state index in [4.69, 9.17) is 0 Å². The lowest BCUT2D eigenvalue weighted by Gasteiger charge is -1.95. The molecular formula is C7H12N2OS. The number of aryl methyl sites for hydroxylation is 1. The number of hydrogen-bond acceptors (Lipinski definition) is 3. The van der Waals surface area contributed by atoms with Gasteiger partial charge in [-0.2, -0.15) is 4.37 Å². The van der Waals surface area contributed by atoms with E-state index in [1.807, 2.05) is 0 Å². The van der Waals surface area contributed by atoms with E-state index in [0.717, 1.165) is 36.6 Å². The van der Waals surface area contributed by atoms with Crippen molar-refractivity contribution in [2.45, 2.75) is 26.2 Å². The third-order valence-corrected chi connectivity index (χ3v) is 2.38. The van der Waals surface area contributed by atoms with E-state index in [0.29, 0.717) is 0 Å². The Kier molecular flexibility index (Phi) is 2.82. The lowest BCUT2D eigenvalue weighted by Crippen LogP contribution is -2.10. The van der Waals surface area contributed by atoms with Crippen LogP contribution in [0, 0.1) is 0 Å². The van der Waals surface area contributed by atoms with Gasteiger partial charge in [0.1, 0.15) is 5.82 Å². The summed E-state index contributed by atoms with van der Waals surface area (Å²) in [6, 6.07) is 0. The molecule has 3 nitrogen and oxygen atoms in total. The molecule has 0 N–H and O–H groups in total. The van der Waals surface area contributed by atoms with Gasteiger partial charge in [-0.15, -0.1) is 0 Å². The van der Waals surface area contributed by atoms with Gasteiger partial charge in [0.15, 0.2) is 0 Å². The Morgan fingerprint density at radius 2 is 2.36 bits per heavy atom. The number of rotatable bonds is 3. The highest BCUT2D eigenvalue weighted by atomic mass is 32.1. The molecule has 0 aliphatic heterocycles. The molecule has 4 heteroatoms. The highest BCUT2D eigenvalue weighted by Crippen LogP contribution is 1.99. The van der Waals surface area contributed by atoms with Crippen molar-refractivity contribution < 1.29 is 0 Å². The number of hydrogen-bond donors (Lipinski definition) is 0. The van der Waals surface area contributed by atoms with Crippen molar-refractivity contribution in [3.8, 4) is 0 Å². The summed E-state index contributed by atoms with van der Waals surface area (Å²) in [7, 11) is 1.77. The third-order valence-electron chi connectivity index (χ3n) is 1.64. The minimum Gasteiger partial charge on any atom is -0.289 e. The van der Waals surface area contributed by atoms with Gasteiger partial charge in [-0.3, -0.25) is 9.36 Å².